The molecule has 7 nitrogen and oxygen atoms in total. The van der Waals surface area contributed by atoms with Gasteiger partial charge in [-0.3, -0.25) is 9.59 Å². The molecule has 1 rings (SSSR count). The van der Waals surface area contributed by atoms with Crippen LogP contribution in [0.25, 0.3) is 0 Å². The lowest BCUT2D eigenvalue weighted by Crippen LogP contribution is -3.14. The first-order valence-electron chi connectivity index (χ1n) is 8.04. The van der Waals surface area contributed by atoms with Crippen LogP contribution in [0.5, 0.6) is 11.5 Å². The minimum absolute atomic E-state index is 0.0586. The molecular weight excluding hydrogens is 310 g/mol. The number of rotatable bonds is 9. The number of anilines is 1. The van der Waals surface area contributed by atoms with Crippen molar-refractivity contribution in [3.05, 3.63) is 18.2 Å². The van der Waals surface area contributed by atoms with Crippen molar-refractivity contribution in [2.24, 2.45) is 0 Å². The Labute approximate surface area is 143 Å². The molecular formula is C17H28N3O4+. The van der Waals surface area contributed by atoms with E-state index in [1.54, 1.807) is 25.3 Å². The second-order valence-electron chi connectivity index (χ2n) is 5.79. The minimum Gasteiger partial charge on any atom is -0.497 e. The molecule has 0 radical (unpaired) electrons. The Morgan fingerprint density at radius 2 is 1.79 bits per heavy atom. The number of ether oxygens (including phenoxy) is 2. The smallest absolute Gasteiger partial charge is 0.279 e. The van der Waals surface area contributed by atoms with E-state index in [4.69, 9.17) is 9.47 Å². The Kier molecular flexibility index (Phi) is 8.05. The lowest BCUT2D eigenvalue weighted by Gasteiger charge is -2.18. The van der Waals surface area contributed by atoms with Gasteiger partial charge in [-0.1, -0.05) is 0 Å². The van der Waals surface area contributed by atoms with Gasteiger partial charge in [-0.15, -0.1) is 0 Å². The first-order chi connectivity index (χ1) is 11.4. The summed E-state index contributed by atoms with van der Waals surface area (Å²) in [4.78, 5) is 25.0. The van der Waals surface area contributed by atoms with Gasteiger partial charge in [-0.25, -0.2) is 0 Å². The molecule has 24 heavy (non-hydrogen) atoms. The number of methoxy groups -OCH3 is 2. The maximum Gasteiger partial charge on any atom is 0.279 e. The monoisotopic (exact) mass is 338 g/mol. The van der Waals surface area contributed by atoms with Gasteiger partial charge in [-0.2, -0.15) is 0 Å². The molecule has 1 unspecified atom stereocenters. The van der Waals surface area contributed by atoms with Crippen LogP contribution in [0.4, 0.5) is 5.69 Å². The van der Waals surface area contributed by atoms with E-state index in [9.17, 15) is 9.59 Å². The molecule has 134 valence electrons. The topological polar surface area (TPSA) is 81.1 Å². The highest BCUT2D eigenvalue weighted by Crippen LogP contribution is 2.28. The van der Waals surface area contributed by atoms with Gasteiger partial charge in [-0.05, 0) is 32.9 Å². The summed E-state index contributed by atoms with van der Waals surface area (Å²) >= 11 is 0. The predicted octanol–water partition coefficient (Wildman–Crippen LogP) is 0.0717. The summed E-state index contributed by atoms with van der Waals surface area (Å²) in [5.41, 5.74) is 0.574. The van der Waals surface area contributed by atoms with E-state index in [1.807, 2.05) is 20.8 Å². The second-order valence-corrected chi connectivity index (χ2v) is 5.79. The highest BCUT2D eigenvalue weighted by Gasteiger charge is 2.18. The molecule has 0 aliphatic rings. The number of hydrogen-bond donors (Lipinski definition) is 3. The standard InChI is InChI=1S/C17H27N3O4/c1-6-20(10-16(21)18-12(2)3)11-17(22)19-14-8-7-13(23-4)9-15(14)24-5/h7-9,12H,6,10-11H2,1-5H3,(H,18,21)(H,19,22)/p+1. The van der Waals surface area contributed by atoms with Crippen molar-refractivity contribution < 1.29 is 24.0 Å². The van der Waals surface area contributed by atoms with Crippen LogP contribution in [0.3, 0.4) is 0 Å². The van der Waals surface area contributed by atoms with Crippen LogP contribution in [0.1, 0.15) is 20.8 Å². The fourth-order valence-corrected chi connectivity index (χ4v) is 2.24. The van der Waals surface area contributed by atoms with Gasteiger partial charge in [0, 0.05) is 12.1 Å². The third kappa shape index (κ3) is 6.45. The van der Waals surface area contributed by atoms with Crippen molar-refractivity contribution in [1.82, 2.24) is 5.32 Å². The van der Waals surface area contributed by atoms with Crippen LogP contribution in [0.2, 0.25) is 0 Å². The van der Waals surface area contributed by atoms with Gasteiger partial charge >= 0.3 is 0 Å². The SMILES string of the molecule is CC[NH+](CC(=O)Nc1ccc(OC)cc1OC)CC(=O)NC(C)C. The summed E-state index contributed by atoms with van der Waals surface area (Å²) in [6, 6.07) is 5.27. The van der Waals surface area contributed by atoms with Gasteiger partial charge in [0.05, 0.1) is 26.5 Å². The zero-order valence-electron chi connectivity index (χ0n) is 15.1. The van der Waals surface area contributed by atoms with E-state index >= 15 is 0 Å². The third-order valence-electron chi connectivity index (χ3n) is 3.45. The van der Waals surface area contributed by atoms with Crippen LogP contribution in [-0.2, 0) is 9.59 Å². The van der Waals surface area contributed by atoms with Gasteiger partial charge in [0.15, 0.2) is 13.1 Å². The zero-order valence-corrected chi connectivity index (χ0v) is 15.1. The van der Waals surface area contributed by atoms with Crippen molar-refractivity contribution in [3.63, 3.8) is 0 Å². The van der Waals surface area contributed by atoms with Gasteiger partial charge in [0.25, 0.3) is 11.8 Å². The van der Waals surface area contributed by atoms with Crippen LogP contribution < -0.4 is 25.0 Å². The van der Waals surface area contributed by atoms with E-state index < -0.39 is 0 Å². The van der Waals surface area contributed by atoms with Crippen molar-refractivity contribution >= 4 is 17.5 Å². The number of carbonyl (C=O) groups is 2. The maximum atomic E-state index is 12.3. The molecule has 0 heterocycles. The molecule has 2 amide bonds. The van der Waals surface area contributed by atoms with Crippen molar-refractivity contribution in [1.29, 1.82) is 0 Å². The quantitative estimate of drug-likeness (QED) is 0.595. The normalized spacial score (nSPS) is 11.8. The third-order valence-corrected chi connectivity index (χ3v) is 3.45. The van der Waals surface area contributed by atoms with E-state index in [0.29, 0.717) is 23.7 Å². The number of nitrogens with one attached hydrogen (secondary N) is 3. The summed E-state index contributed by atoms with van der Waals surface area (Å²) in [6.45, 7) is 6.91. The first-order valence-corrected chi connectivity index (χ1v) is 8.04. The average molecular weight is 338 g/mol. The number of hydrogen-bond acceptors (Lipinski definition) is 4. The number of quaternary nitrogens is 1. The zero-order chi connectivity index (χ0) is 18.1. The predicted molar refractivity (Wildman–Crippen MR) is 92.7 cm³/mol. The summed E-state index contributed by atoms with van der Waals surface area (Å²) < 4.78 is 10.4. The van der Waals surface area contributed by atoms with Gasteiger partial charge in [0.2, 0.25) is 0 Å². The van der Waals surface area contributed by atoms with Crippen molar-refractivity contribution in [3.8, 4) is 11.5 Å². The molecule has 0 saturated heterocycles. The highest BCUT2D eigenvalue weighted by atomic mass is 16.5. The molecule has 0 aliphatic heterocycles. The van der Waals surface area contributed by atoms with Crippen LogP contribution in [0.15, 0.2) is 18.2 Å². The molecule has 1 atom stereocenters. The molecule has 0 spiro atoms. The van der Waals surface area contributed by atoms with Crippen LogP contribution in [0, 0.1) is 0 Å². The molecule has 3 N–H and O–H groups in total. The summed E-state index contributed by atoms with van der Waals surface area (Å²) in [6.07, 6.45) is 0. The minimum atomic E-state index is -0.173. The Morgan fingerprint density at radius 1 is 1.12 bits per heavy atom. The summed E-state index contributed by atoms with van der Waals surface area (Å²) in [7, 11) is 3.10. The van der Waals surface area contributed by atoms with Gasteiger partial charge in [0.1, 0.15) is 11.5 Å². The lowest BCUT2D eigenvalue weighted by molar-refractivity contribution is -0.881. The van der Waals surface area contributed by atoms with E-state index in [1.165, 1.54) is 7.11 Å². The lowest BCUT2D eigenvalue weighted by atomic mass is 10.2. The van der Waals surface area contributed by atoms with Crippen LogP contribution >= 0.6 is 0 Å². The Balaban J connectivity index is 2.65. The Morgan fingerprint density at radius 3 is 2.33 bits per heavy atom. The largest absolute Gasteiger partial charge is 0.497 e. The summed E-state index contributed by atoms with van der Waals surface area (Å²) in [5.74, 6) is 0.943. The molecule has 0 fully saturated rings. The number of benzene rings is 1. The molecule has 0 aromatic heterocycles. The maximum absolute atomic E-state index is 12.3. The second kappa shape index (κ2) is 9.77. The van der Waals surface area contributed by atoms with Crippen LogP contribution in [-0.4, -0.2) is 51.7 Å². The molecule has 0 saturated carbocycles. The molecule has 0 bridgehead atoms. The summed E-state index contributed by atoms with van der Waals surface area (Å²) in [5, 5.41) is 5.66. The van der Waals surface area contributed by atoms with Crippen molar-refractivity contribution in [2.75, 3.05) is 39.2 Å². The number of carbonyl (C=O) groups excluding carboxylic acids is 2. The highest BCUT2D eigenvalue weighted by molar-refractivity contribution is 5.93. The molecule has 7 heteroatoms. The van der Waals surface area contributed by atoms with E-state index in [-0.39, 0.29) is 30.9 Å². The van der Waals surface area contributed by atoms with Crippen molar-refractivity contribution in [2.45, 2.75) is 26.8 Å². The van der Waals surface area contributed by atoms with Gasteiger partial charge < -0.3 is 25.0 Å². The fourth-order valence-electron chi connectivity index (χ4n) is 2.24. The molecule has 0 aliphatic carbocycles. The van der Waals surface area contributed by atoms with E-state index in [0.717, 1.165) is 4.90 Å². The number of amides is 2. The van der Waals surface area contributed by atoms with E-state index in [2.05, 4.69) is 10.6 Å². The molecule has 1 aromatic rings. The first kappa shape index (κ1) is 19.8. The average Bonchev–Trinajstić information content (AvgIpc) is 2.53. The Bertz CT molecular complexity index is 561. The fraction of sp³-hybridized carbons (Fsp3) is 0.529. The Hall–Kier alpha value is -2.28. The number of likely N-dealkylation sites (N-methyl/N-ethyl adjacent to an activating group) is 1. The molecule has 1 aromatic carbocycles.